The molecule has 0 fully saturated rings. The van der Waals surface area contributed by atoms with Crippen molar-refractivity contribution in [3.05, 3.63) is 52.6 Å². The summed E-state index contributed by atoms with van der Waals surface area (Å²) in [5, 5.41) is 10.9. The van der Waals surface area contributed by atoms with Crippen molar-refractivity contribution < 1.29 is 13.3 Å². The summed E-state index contributed by atoms with van der Waals surface area (Å²) in [6.45, 7) is 0.00137. The molecule has 1 N–H and O–H groups in total. The quantitative estimate of drug-likeness (QED) is 0.657. The third-order valence-corrected chi connectivity index (χ3v) is 4.53. The normalized spacial score (nSPS) is 11.7. The number of hydrogen-bond acceptors (Lipinski definition) is 5. The Morgan fingerprint density at radius 2 is 2.10 bits per heavy atom. The zero-order valence-corrected chi connectivity index (χ0v) is 11.4. The van der Waals surface area contributed by atoms with Gasteiger partial charge in [-0.05, 0) is 6.07 Å². The molecule has 0 bridgehead atoms. The lowest BCUT2D eigenvalue weighted by molar-refractivity contribution is -0.387. The highest BCUT2D eigenvalue weighted by Gasteiger charge is 2.29. The maximum absolute atomic E-state index is 12.4. The number of sulfonamides is 1. The van der Waals surface area contributed by atoms with Crippen molar-refractivity contribution in [2.75, 3.05) is 7.05 Å². The van der Waals surface area contributed by atoms with Gasteiger partial charge in [-0.3, -0.25) is 10.1 Å². The first-order valence-corrected chi connectivity index (χ1v) is 7.05. The van der Waals surface area contributed by atoms with E-state index in [1.165, 1.54) is 31.4 Å². The SMILES string of the molecule is CN(Cc1ncc[nH]1)S(=O)(=O)c1ccccc1[N+](=O)[O-]. The first-order chi connectivity index (χ1) is 9.43. The number of nitro benzene ring substituents is 1. The van der Waals surface area contributed by atoms with E-state index in [1.54, 1.807) is 6.20 Å². The van der Waals surface area contributed by atoms with Crippen molar-refractivity contribution in [3.63, 3.8) is 0 Å². The van der Waals surface area contributed by atoms with E-state index in [1.807, 2.05) is 0 Å². The van der Waals surface area contributed by atoms with Gasteiger partial charge in [-0.1, -0.05) is 12.1 Å². The van der Waals surface area contributed by atoms with Gasteiger partial charge in [0.1, 0.15) is 5.82 Å². The molecule has 8 nitrogen and oxygen atoms in total. The average Bonchev–Trinajstić information content (AvgIpc) is 2.91. The van der Waals surface area contributed by atoms with Gasteiger partial charge in [0.2, 0.25) is 10.0 Å². The van der Waals surface area contributed by atoms with Crippen molar-refractivity contribution in [1.82, 2.24) is 14.3 Å². The van der Waals surface area contributed by atoms with E-state index >= 15 is 0 Å². The van der Waals surface area contributed by atoms with Crippen LogP contribution in [0.15, 0.2) is 41.6 Å². The topological polar surface area (TPSA) is 109 Å². The lowest BCUT2D eigenvalue weighted by Crippen LogP contribution is -2.27. The summed E-state index contributed by atoms with van der Waals surface area (Å²) >= 11 is 0. The van der Waals surface area contributed by atoms with Gasteiger partial charge >= 0.3 is 0 Å². The molecule has 9 heteroatoms. The summed E-state index contributed by atoms with van der Waals surface area (Å²) in [5.74, 6) is 0.453. The van der Waals surface area contributed by atoms with Crippen molar-refractivity contribution in [3.8, 4) is 0 Å². The second kappa shape index (κ2) is 5.39. The molecule has 0 saturated heterocycles. The van der Waals surface area contributed by atoms with Crippen LogP contribution in [0.2, 0.25) is 0 Å². The van der Waals surface area contributed by atoms with Crippen molar-refractivity contribution in [1.29, 1.82) is 0 Å². The molecule has 0 aliphatic heterocycles. The predicted molar refractivity (Wildman–Crippen MR) is 70.3 cm³/mol. The second-order valence-electron chi connectivity index (χ2n) is 4.02. The van der Waals surface area contributed by atoms with Crippen molar-refractivity contribution >= 4 is 15.7 Å². The van der Waals surface area contributed by atoms with E-state index < -0.39 is 20.6 Å². The van der Waals surface area contributed by atoms with Crippen LogP contribution in [0.5, 0.6) is 0 Å². The van der Waals surface area contributed by atoms with Crippen LogP contribution < -0.4 is 0 Å². The van der Waals surface area contributed by atoms with Crippen molar-refractivity contribution in [2.45, 2.75) is 11.4 Å². The number of aromatic nitrogens is 2. The van der Waals surface area contributed by atoms with Gasteiger partial charge in [-0.25, -0.2) is 13.4 Å². The molecule has 0 saturated carbocycles. The summed E-state index contributed by atoms with van der Waals surface area (Å²) in [5.41, 5.74) is -0.446. The summed E-state index contributed by atoms with van der Waals surface area (Å²) in [4.78, 5) is 16.6. The van der Waals surface area contributed by atoms with Crippen molar-refractivity contribution in [2.24, 2.45) is 0 Å². The third-order valence-electron chi connectivity index (χ3n) is 2.68. The van der Waals surface area contributed by atoms with Crippen LogP contribution in [0.1, 0.15) is 5.82 Å². The Morgan fingerprint density at radius 3 is 2.70 bits per heavy atom. The third kappa shape index (κ3) is 2.68. The average molecular weight is 296 g/mol. The summed E-state index contributed by atoms with van der Waals surface area (Å²) in [7, 11) is -2.62. The predicted octanol–water partition coefficient (Wildman–Crippen LogP) is 1.14. The van der Waals surface area contributed by atoms with E-state index in [4.69, 9.17) is 0 Å². The lowest BCUT2D eigenvalue weighted by Gasteiger charge is -2.15. The Balaban J connectivity index is 2.37. The standard InChI is InChI=1S/C11H12N4O4S/c1-14(8-11-12-6-7-13-11)20(18,19)10-5-3-2-4-9(10)15(16)17/h2-7H,8H2,1H3,(H,12,13). The Morgan fingerprint density at radius 1 is 1.40 bits per heavy atom. The Labute approximate surface area is 115 Å². The minimum atomic E-state index is -3.96. The number of H-pyrrole nitrogens is 1. The summed E-state index contributed by atoms with van der Waals surface area (Å²) in [6, 6.07) is 5.24. The molecule has 0 amide bonds. The molecule has 0 aliphatic carbocycles. The highest BCUT2D eigenvalue weighted by molar-refractivity contribution is 7.89. The van der Waals surface area contributed by atoms with Gasteiger partial charge in [0.25, 0.3) is 5.69 Å². The van der Waals surface area contributed by atoms with Gasteiger partial charge in [0, 0.05) is 25.5 Å². The summed E-state index contributed by atoms with van der Waals surface area (Å²) < 4.78 is 25.7. The van der Waals surface area contributed by atoms with E-state index in [-0.39, 0.29) is 11.4 Å². The fourth-order valence-electron chi connectivity index (χ4n) is 1.67. The monoisotopic (exact) mass is 296 g/mol. The number of aromatic amines is 1. The van der Waals surface area contributed by atoms with Gasteiger partial charge < -0.3 is 4.98 Å². The van der Waals surface area contributed by atoms with Gasteiger partial charge in [-0.2, -0.15) is 4.31 Å². The number of rotatable bonds is 5. The number of benzene rings is 1. The smallest absolute Gasteiger partial charge is 0.289 e. The van der Waals surface area contributed by atoms with Crippen LogP contribution in [0.4, 0.5) is 5.69 Å². The molecule has 106 valence electrons. The number of nitro groups is 1. The van der Waals surface area contributed by atoms with Crippen LogP contribution in [-0.4, -0.2) is 34.7 Å². The molecule has 1 heterocycles. The molecular weight excluding hydrogens is 284 g/mol. The fourth-order valence-corrected chi connectivity index (χ4v) is 2.96. The van der Waals surface area contributed by atoms with Crippen LogP contribution in [0, 0.1) is 10.1 Å². The number of imidazole rings is 1. The van der Waals surface area contributed by atoms with Gasteiger partial charge in [-0.15, -0.1) is 0 Å². The molecule has 0 unspecified atom stereocenters. The molecule has 0 aliphatic rings. The highest BCUT2D eigenvalue weighted by atomic mass is 32.2. The number of para-hydroxylation sites is 1. The first-order valence-electron chi connectivity index (χ1n) is 5.61. The maximum Gasteiger partial charge on any atom is 0.289 e. The van der Waals surface area contributed by atoms with E-state index in [0.717, 1.165) is 10.4 Å². The van der Waals surface area contributed by atoms with Gasteiger partial charge in [0.15, 0.2) is 4.90 Å². The zero-order chi connectivity index (χ0) is 14.8. The van der Waals surface area contributed by atoms with Crippen LogP contribution in [0.25, 0.3) is 0 Å². The van der Waals surface area contributed by atoms with E-state index in [9.17, 15) is 18.5 Å². The number of hydrogen-bond donors (Lipinski definition) is 1. The maximum atomic E-state index is 12.4. The minimum absolute atomic E-state index is 0.00137. The molecule has 20 heavy (non-hydrogen) atoms. The fraction of sp³-hybridized carbons (Fsp3) is 0.182. The Hall–Kier alpha value is -2.26. The molecule has 1 aromatic heterocycles. The second-order valence-corrected chi connectivity index (χ2v) is 6.04. The van der Waals surface area contributed by atoms with Crippen LogP contribution in [-0.2, 0) is 16.6 Å². The Kier molecular flexibility index (Phi) is 3.81. The van der Waals surface area contributed by atoms with E-state index in [2.05, 4.69) is 9.97 Å². The first kappa shape index (κ1) is 14.2. The lowest BCUT2D eigenvalue weighted by atomic mass is 10.3. The molecule has 2 rings (SSSR count). The van der Waals surface area contributed by atoms with E-state index in [0.29, 0.717) is 5.82 Å². The highest BCUT2D eigenvalue weighted by Crippen LogP contribution is 2.25. The minimum Gasteiger partial charge on any atom is -0.347 e. The largest absolute Gasteiger partial charge is 0.347 e. The molecule has 0 spiro atoms. The molecule has 1 aromatic carbocycles. The summed E-state index contributed by atoms with van der Waals surface area (Å²) in [6.07, 6.45) is 3.07. The molecule has 0 atom stereocenters. The number of nitrogens with zero attached hydrogens (tertiary/aromatic N) is 3. The zero-order valence-electron chi connectivity index (χ0n) is 10.6. The molecule has 2 aromatic rings. The Bertz CT molecular complexity index is 712. The van der Waals surface area contributed by atoms with Crippen LogP contribution >= 0.6 is 0 Å². The van der Waals surface area contributed by atoms with Gasteiger partial charge in [0.05, 0.1) is 11.5 Å². The molecule has 0 radical (unpaired) electrons. The number of nitrogens with one attached hydrogen (secondary N) is 1. The molecular formula is C11H12N4O4S. The van der Waals surface area contributed by atoms with Crippen LogP contribution in [0.3, 0.4) is 0 Å².